The quantitative estimate of drug-likeness (QED) is 0.826. The maximum atomic E-state index is 4.50. The Morgan fingerprint density at radius 3 is 2.94 bits per heavy atom. The Morgan fingerprint density at radius 2 is 2.18 bits per heavy atom. The van der Waals surface area contributed by atoms with Crippen molar-refractivity contribution in [1.29, 1.82) is 0 Å². The minimum Gasteiger partial charge on any atom is -0.366 e. The van der Waals surface area contributed by atoms with E-state index < -0.39 is 0 Å². The number of hydrogen-bond donors (Lipinski definition) is 1. The molecule has 0 bridgehead atoms. The molecule has 3 rings (SSSR count). The lowest BCUT2D eigenvalue weighted by atomic mass is 10.3. The van der Waals surface area contributed by atoms with Crippen molar-refractivity contribution in [3.63, 3.8) is 0 Å². The van der Waals surface area contributed by atoms with Gasteiger partial charge in [0.15, 0.2) is 5.65 Å². The van der Waals surface area contributed by atoms with E-state index in [0.29, 0.717) is 0 Å². The zero-order chi connectivity index (χ0) is 11.7. The third-order valence-electron chi connectivity index (χ3n) is 3.19. The van der Waals surface area contributed by atoms with Gasteiger partial charge in [0.25, 0.3) is 0 Å². The Bertz CT molecular complexity index is 513. The number of aromatic nitrogens is 3. The largest absolute Gasteiger partial charge is 0.366 e. The second-order valence-corrected chi connectivity index (χ2v) is 4.34. The van der Waals surface area contributed by atoms with Crippen LogP contribution in [-0.4, -0.2) is 40.8 Å². The average Bonchev–Trinajstić information content (AvgIpc) is 2.81. The van der Waals surface area contributed by atoms with Crippen LogP contribution in [0.3, 0.4) is 0 Å². The average molecular weight is 231 g/mol. The van der Waals surface area contributed by atoms with E-state index in [1.807, 2.05) is 16.8 Å². The third kappa shape index (κ3) is 1.98. The summed E-state index contributed by atoms with van der Waals surface area (Å²) in [7, 11) is 0. The molecule has 0 saturated carbocycles. The molecule has 3 heterocycles. The summed E-state index contributed by atoms with van der Waals surface area (Å²) < 4.78 is 1.89. The van der Waals surface area contributed by atoms with E-state index in [1.54, 1.807) is 0 Å². The van der Waals surface area contributed by atoms with Gasteiger partial charge in [0.05, 0.1) is 23.8 Å². The van der Waals surface area contributed by atoms with Crippen molar-refractivity contribution in [2.45, 2.75) is 13.3 Å². The number of nitrogens with one attached hydrogen (secondary N) is 1. The van der Waals surface area contributed by atoms with Crippen molar-refractivity contribution in [1.82, 2.24) is 19.9 Å². The summed E-state index contributed by atoms with van der Waals surface area (Å²) in [4.78, 5) is 6.81. The Hall–Kier alpha value is -1.62. The molecule has 1 aliphatic heterocycles. The summed E-state index contributed by atoms with van der Waals surface area (Å²) in [5, 5.41) is 7.85. The van der Waals surface area contributed by atoms with Gasteiger partial charge in [-0.15, -0.1) is 0 Å². The maximum Gasteiger partial charge on any atom is 0.155 e. The van der Waals surface area contributed by atoms with E-state index in [0.717, 1.165) is 49.6 Å². The van der Waals surface area contributed by atoms with E-state index in [2.05, 4.69) is 33.4 Å². The first kappa shape index (κ1) is 10.5. The van der Waals surface area contributed by atoms with Crippen LogP contribution in [0.1, 0.15) is 12.6 Å². The second kappa shape index (κ2) is 4.33. The lowest BCUT2D eigenvalue weighted by Gasteiger charge is -2.28. The van der Waals surface area contributed by atoms with Crippen LogP contribution in [0.25, 0.3) is 5.65 Å². The summed E-state index contributed by atoms with van der Waals surface area (Å²) in [5.41, 5.74) is 3.18. The lowest BCUT2D eigenvalue weighted by molar-refractivity contribution is 0.587. The molecule has 5 heteroatoms. The van der Waals surface area contributed by atoms with Crippen LogP contribution in [0.5, 0.6) is 0 Å². The van der Waals surface area contributed by atoms with Gasteiger partial charge in [0.2, 0.25) is 0 Å². The molecule has 0 unspecified atom stereocenters. The maximum absolute atomic E-state index is 4.50. The van der Waals surface area contributed by atoms with Crippen molar-refractivity contribution in [3.05, 3.63) is 24.2 Å². The first-order valence-electron chi connectivity index (χ1n) is 6.17. The van der Waals surface area contributed by atoms with Gasteiger partial charge >= 0.3 is 0 Å². The summed E-state index contributed by atoms with van der Waals surface area (Å²) in [6.45, 7) is 6.26. The van der Waals surface area contributed by atoms with Crippen LogP contribution in [0.15, 0.2) is 18.5 Å². The highest BCUT2D eigenvalue weighted by atomic mass is 15.3. The van der Waals surface area contributed by atoms with Crippen LogP contribution >= 0.6 is 0 Å². The van der Waals surface area contributed by atoms with Gasteiger partial charge in [-0.25, -0.2) is 9.50 Å². The number of anilines is 1. The number of fused-ring (bicyclic) bond motifs is 1. The fourth-order valence-corrected chi connectivity index (χ4v) is 2.18. The van der Waals surface area contributed by atoms with Gasteiger partial charge in [0.1, 0.15) is 0 Å². The zero-order valence-corrected chi connectivity index (χ0v) is 10.1. The van der Waals surface area contributed by atoms with E-state index in [4.69, 9.17) is 0 Å². The first-order valence-corrected chi connectivity index (χ1v) is 6.17. The monoisotopic (exact) mass is 231 g/mol. The fourth-order valence-electron chi connectivity index (χ4n) is 2.18. The Kier molecular flexibility index (Phi) is 2.68. The molecular weight excluding hydrogens is 214 g/mol. The molecule has 1 fully saturated rings. The van der Waals surface area contributed by atoms with Crippen molar-refractivity contribution in [2.75, 3.05) is 31.1 Å². The van der Waals surface area contributed by atoms with E-state index >= 15 is 0 Å². The number of nitrogens with zero attached hydrogens (tertiary/aromatic N) is 4. The number of rotatable bonds is 2. The minimum atomic E-state index is 0.931. The molecule has 0 atom stereocenters. The molecule has 5 nitrogen and oxygen atoms in total. The molecule has 90 valence electrons. The van der Waals surface area contributed by atoms with Crippen molar-refractivity contribution < 1.29 is 0 Å². The highest BCUT2D eigenvalue weighted by molar-refractivity contribution is 5.49. The standard InChI is InChI=1S/C12H17N5/c1-2-10-7-12-14-8-11(9-17(12)15-10)16-5-3-13-4-6-16/h7-9,13H,2-6H2,1H3. The molecule has 1 N–H and O–H groups in total. The third-order valence-corrected chi connectivity index (χ3v) is 3.19. The molecule has 2 aromatic rings. The lowest BCUT2D eigenvalue weighted by Crippen LogP contribution is -2.43. The van der Waals surface area contributed by atoms with Crippen LogP contribution in [0.4, 0.5) is 5.69 Å². The molecular formula is C12H17N5. The van der Waals surface area contributed by atoms with Crippen LogP contribution in [-0.2, 0) is 6.42 Å². The number of aryl methyl sites for hydroxylation is 1. The number of piperazine rings is 1. The van der Waals surface area contributed by atoms with Crippen LogP contribution in [0, 0.1) is 0 Å². The molecule has 0 aromatic carbocycles. The topological polar surface area (TPSA) is 45.5 Å². The van der Waals surface area contributed by atoms with Crippen molar-refractivity contribution >= 4 is 11.3 Å². The van der Waals surface area contributed by atoms with Gasteiger partial charge in [0, 0.05) is 32.2 Å². The SMILES string of the molecule is CCc1cc2ncc(N3CCNCC3)cn2n1. The van der Waals surface area contributed by atoms with E-state index in [9.17, 15) is 0 Å². The zero-order valence-electron chi connectivity index (χ0n) is 10.1. The van der Waals surface area contributed by atoms with E-state index in [-0.39, 0.29) is 0 Å². The van der Waals surface area contributed by atoms with Crippen LogP contribution < -0.4 is 10.2 Å². The summed E-state index contributed by atoms with van der Waals surface area (Å²) in [6, 6.07) is 2.04. The predicted molar refractivity (Wildman–Crippen MR) is 67.4 cm³/mol. The molecule has 1 saturated heterocycles. The highest BCUT2D eigenvalue weighted by Crippen LogP contribution is 2.14. The van der Waals surface area contributed by atoms with Gasteiger partial charge in [-0.05, 0) is 6.42 Å². The summed E-state index contributed by atoms with van der Waals surface area (Å²) >= 11 is 0. The smallest absolute Gasteiger partial charge is 0.155 e. The normalized spacial score (nSPS) is 16.6. The molecule has 0 aliphatic carbocycles. The second-order valence-electron chi connectivity index (χ2n) is 4.34. The van der Waals surface area contributed by atoms with Gasteiger partial charge < -0.3 is 10.2 Å². The first-order chi connectivity index (χ1) is 8.36. The Morgan fingerprint density at radius 1 is 1.35 bits per heavy atom. The molecule has 17 heavy (non-hydrogen) atoms. The van der Waals surface area contributed by atoms with Crippen molar-refractivity contribution in [2.24, 2.45) is 0 Å². The highest BCUT2D eigenvalue weighted by Gasteiger charge is 2.11. The van der Waals surface area contributed by atoms with Gasteiger partial charge in [-0.1, -0.05) is 6.92 Å². The summed E-state index contributed by atoms with van der Waals surface area (Å²) in [6.07, 6.45) is 4.97. The van der Waals surface area contributed by atoms with Gasteiger partial charge in [-0.3, -0.25) is 0 Å². The van der Waals surface area contributed by atoms with Gasteiger partial charge in [-0.2, -0.15) is 5.10 Å². The molecule has 0 spiro atoms. The Balaban J connectivity index is 1.94. The fraction of sp³-hybridized carbons (Fsp3) is 0.500. The van der Waals surface area contributed by atoms with E-state index in [1.165, 1.54) is 0 Å². The Labute approximate surface area is 100 Å². The van der Waals surface area contributed by atoms with Crippen molar-refractivity contribution in [3.8, 4) is 0 Å². The molecule has 0 amide bonds. The number of hydrogen-bond acceptors (Lipinski definition) is 4. The molecule has 1 aliphatic rings. The molecule has 0 radical (unpaired) electrons. The van der Waals surface area contributed by atoms with Crippen LogP contribution in [0.2, 0.25) is 0 Å². The predicted octanol–water partition coefficient (Wildman–Crippen LogP) is 0.701. The minimum absolute atomic E-state index is 0.931. The molecule has 2 aromatic heterocycles. The summed E-state index contributed by atoms with van der Waals surface area (Å²) in [5.74, 6) is 0.